The van der Waals surface area contributed by atoms with E-state index in [1.165, 1.54) is 6.33 Å². The Morgan fingerprint density at radius 2 is 1.90 bits per heavy atom. The highest BCUT2D eigenvalue weighted by molar-refractivity contribution is 6.30. The Bertz CT molecular complexity index is 1310. The number of nitrogens with one attached hydrogen (secondary N) is 2. The molecule has 0 bridgehead atoms. The SMILES string of the molecule is CO.Clc1cccc(CNc2cnc3cc(-c4ncnc5[nH]ncc45)ccc3n2)c1. The van der Waals surface area contributed by atoms with Gasteiger partial charge in [-0.15, -0.1) is 0 Å². The molecule has 0 radical (unpaired) electrons. The molecule has 9 heteroatoms. The highest BCUT2D eigenvalue weighted by Gasteiger charge is 2.09. The second-order valence-electron chi connectivity index (χ2n) is 6.30. The lowest BCUT2D eigenvalue weighted by Crippen LogP contribution is -2.02. The molecule has 0 atom stereocenters. The van der Waals surface area contributed by atoms with Crippen LogP contribution >= 0.6 is 11.6 Å². The van der Waals surface area contributed by atoms with Crippen LogP contribution in [-0.4, -0.2) is 42.3 Å². The second kappa shape index (κ2) is 8.81. The number of hydrogen-bond donors (Lipinski definition) is 3. The van der Waals surface area contributed by atoms with E-state index in [1.54, 1.807) is 12.4 Å². The van der Waals surface area contributed by atoms with Crippen molar-refractivity contribution in [1.82, 2.24) is 30.1 Å². The Kier molecular flexibility index (Phi) is 5.78. The predicted octanol–water partition coefficient (Wildman–Crippen LogP) is 3.84. The van der Waals surface area contributed by atoms with Gasteiger partial charge in [0.2, 0.25) is 0 Å². The van der Waals surface area contributed by atoms with Gasteiger partial charge in [0, 0.05) is 24.2 Å². The average molecular weight is 420 g/mol. The average Bonchev–Trinajstić information content (AvgIpc) is 3.28. The van der Waals surface area contributed by atoms with Gasteiger partial charge in [-0.05, 0) is 29.8 Å². The van der Waals surface area contributed by atoms with Crippen LogP contribution in [0.1, 0.15) is 5.56 Å². The van der Waals surface area contributed by atoms with Crippen LogP contribution in [0, 0.1) is 0 Å². The van der Waals surface area contributed by atoms with Gasteiger partial charge in [0.15, 0.2) is 5.65 Å². The summed E-state index contributed by atoms with van der Waals surface area (Å²) in [6.45, 7) is 0.623. The van der Waals surface area contributed by atoms with E-state index < -0.39 is 0 Å². The fourth-order valence-corrected chi connectivity index (χ4v) is 3.29. The van der Waals surface area contributed by atoms with Gasteiger partial charge in [0.1, 0.15) is 12.1 Å². The van der Waals surface area contributed by atoms with E-state index in [-0.39, 0.29) is 0 Å². The summed E-state index contributed by atoms with van der Waals surface area (Å²) in [5.41, 5.74) is 5.13. The number of anilines is 1. The van der Waals surface area contributed by atoms with E-state index in [4.69, 9.17) is 16.7 Å². The van der Waals surface area contributed by atoms with Crippen molar-refractivity contribution in [2.75, 3.05) is 12.4 Å². The standard InChI is InChI=1S/C20H14ClN7.CH4O/c21-14-3-1-2-12(6-14)8-23-18-10-22-17-7-13(4-5-16(17)27-18)19-15-9-26-28-20(15)25-11-24-19;1-2/h1-7,9-11H,8H2,(H,23,27)(H,24,25,26,28);2H,1H3. The topological polar surface area (TPSA) is 112 Å². The molecule has 8 nitrogen and oxygen atoms in total. The molecule has 0 aliphatic heterocycles. The molecule has 0 unspecified atom stereocenters. The van der Waals surface area contributed by atoms with Gasteiger partial charge < -0.3 is 10.4 Å². The lowest BCUT2D eigenvalue weighted by molar-refractivity contribution is 0.399. The highest BCUT2D eigenvalue weighted by atomic mass is 35.5. The largest absolute Gasteiger partial charge is 0.400 e. The smallest absolute Gasteiger partial charge is 0.159 e. The van der Waals surface area contributed by atoms with Crippen LogP contribution in [0.3, 0.4) is 0 Å². The van der Waals surface area contributed by atoms with Crippen LogP contribution in [0.2, 0.25) is 5.02 Å². The number of aliphatic hydroxyl groups is 1. The number of rotatable bonds is 4. The van der Waals surface area contributed by atoms with E-state index in [1.807, 2.05) is 42.5 Å². The molecular formula is C21H18ClN7O. The number of H-pyrrole nitrogens is 1. The van der Waals surface area contributed by atoms with Gasteiger partial charge in [-0.25, -0.2) is 15.0 Å². The summed E-state index contributed by atoms with van der Waals surface area (Å²) < 4.78 is 0. The van der Waals surface area contributed by atoms with Crippen LogP contribution in [-0.2, 0) is 6.54 Å². The molecule has 0 aliphatic rings. The Morgan fingerprint density at radius 1 is 1.00 bits per heavy atom. The van der Waals surface area contributed by atoms with Crippen LogP contribution in [0.25, 0.3) is 33.3 Å². The van der Waals surface area contributed by atoms with Crippen molar-refractivity contribution in [1.29, 1.82) is 0 Å². The molecule has 0 amide bonds. The summed E-state index contributed by atoms with van der Waals surface area (Å²) in [4.78, 5) is 17.8. The number of nitrogens with zero attached hydrogens (tertiary/aromatic N) is 5. The molecule has 150 valence electrons. The molecule has 0 saturated carbocycles. The second-order valence-corrected chi connectivity index (χ2v) is 6.73. The minimum Gasteiger partial charge on any atom is -0.400 e. The number of halogens is 1. The summed E-state index contributed by atoms with van der Waals surface area (Å²) >= 11 is 6.03. The molecule has 0 saturated heterocycles. The Hall–Kier alpha value is -3.62. The number of hydrogen-bond acceptors (Lipinski definition) is 7. The van der Waals surface area contributed by atoms with Gasteiger partial charge in [0.05, 0.1) is 34.5 Å². The fraction of sp³-hybridized carbons (Fsp3) is 0.0952. The van der Waals surface area contributed by atoms with Crippen molar-refractivity contribution < 1.29 is 5.11 Å². The Balaban J connectivity index is 0.00000106. The number of aliphatic hydroxyl groups excluding tert-OH is 1. The lowest BCUT2D eigenvalue weighted by atomic mass is 10.1. The first kappa shape index (κ1) is 19.7. The maximum atomic E-state index is 7.00. The molecule has 0 fully saturated rings. The molecule has 30 heavy (non-hydrogen) atoms. The highest BCUT2D eigenvalue weighted by Crippen LogP contribution is 2.26. The molecule has 5 aromatic rings. The van der Waals surface area contributed by atoms with Crippen molar-refractivity contribution in [2.45, 2.75) is 6.54 Å². The predicted molar refractivity (Wildman–Crippen MR) is 117 cm³/mol. The van der Waals surface area contributed by atoms with Crippen molar-refractivity contribution in [3.8, 4) is 11.3 Å². The van der Waals surface area contributed by atoms with Crippen molar-refractivity contribution in [3.05, 3.63) is 71.8 Å². The van der Waals surface area contributed by atoms with E-state index in [2.05, 4.69) is 35.5 Å². The molecule has 2 aromatic carbocycles. The normalized spacial score (nSPS) is 10.6. The third-order valence-electron chi connectivity index (χ3n) is 4.43. The molecular weight excluding hydrogens is 402 g/mol. The van der Waals surface area contributed by atoms with Gasteiger partial charge in [-0.2, -0.15) is 5.10 Å². The first-order valence-electron chi connectivity index (χ1n) is 9.10. The molecule has 0 aliphatic carbocycles. The van der Waals surface area contributed by atoms with Crippen molar-refractivity contribution in [3.63, 3.8) is 0 Å². The monoisotopic (exact) mass is 419 g/mol. The van der Waals surface area contributed by atoms with Crippen LogP contribution in [0.4, 0.5) is 5.82 Å². The van der Waals surface area contributed by atoms with Crippen LogP contribution in [0.15, 0.2) is 61.2 Å². The maximum absolute atomic E-state index is 7.00. The Labute approximate surface area is 177 Å². The molecule has 3 heterocycles. The zero-order chi connectivity index (χ0) is 20.9. The van der Waals surface area contributed by atoms with E-state index in [0.29, 0.717) is 23.0 Å². The Morgan fingerprint density at radius 3 is 2.77 bits per heavy atom. The van der Waals surface area contributed by atoms with Crippen molar-refractivity contribution in [2.24, 2.45) is 0 Å². The van der Waals surface area contributed by atoms with E-state index >= 15 is 0 Å². The molecule has 0 spiro atoms. The number of fused-ring (bicyclic) bond motifs is 2. The fourth-order valence-electron chi connectivity index (χ4n) is 3.08. The molecule has 3 aromatic heterocycles. The quantitative estimate of drug-likeness (QED) is 0.405. The first-order valence-corrected chi connectivity index (χ1v) is 9.48. The summed E-state index contributed by atoms with van der Waals surface area (Å²) in [5.74, 6) is 0.708. The minimum absolute atomic E-state index is 0.623. The summed E-state index contributed by atoms with van der Waals surface area (Å²) in [7, 11) is 1.00. The zero-order valence-electron chi connectivity index (χ0n) is 16.0. The van der Waals surface area contributed by atoms with Gasteiger partial charge in [-0.3, -0.25) is 10.1 Å². The molecule has 3 N–H and O–H groups in total. The minimum atomic E-state index is 0.623. The first-order chi connectivity index (χ1) is 14.8. The van der Waals surface area contributed by atoms with Crippen LogP contribution < -0.4 is 5.32 Å². The van der Waals surface area contributed by atoms with E-state index in [9.17, 15) is 0 Å². The third-order valence-corrected chi connectivity index (χ3v) is 4.66. The third kappa shape index (κ3) is 4.05. The van der Waals surface area contributed by atoms with E-state index in [0.717, 1.165) is 40.4 Å². The van der Waals surface area contributed by atoms with Gasteiger partial charge in [0.25, 0.3) is 0 Å². The van der Waals surface area contributed by atoms with Gasteiger partial charge >= 0.3 is 0 Å². The maximum Gasteiger partial charge on any atom is 0.159 e. The number of aromatic nitrogens is 6. The van der Waals surface area contributed by atoms with Crippen molar-refractivity contribution >= 4 is 39.5 Å². The number of benzene rings is 2. The lowest BCUT2D eigenvalue weighted by Gasteiger charge is -2.08. The van der Waals surface area contributed by atoms with Crippen LogP contribution in [0.5, 0.6) is 0 Å². The number of aromatic amines is 1. The summed E-state index contributed by atoms with van der Waals surface area (Å²) in [6, 6.07) is 13.6. The summed E-state index contributed by atoms with van der Waals surface area (Å²) in [5, 5.41) is 18.8. The molecule has 5 rings (SSSR count). The van der Waals surface area contributed by atoms with Gasteiger partial charge in [-0.1, -0.05) is 29.8 Å². The summed E-state index contributed by atoms with van der Waals surface area (Å²) in [6.07, 6.45) is 4.97. The zero-order valence-corrected chi connectivity index (χ0v) is 16.8.